The average Bonchev–Trinajstić information content (AvgIpc) is 2.86. The van der Waals surface area contributed by atoms with Crippen LogP contribution in [0.4, 0.5) is 11.5 Å². The van der Waals surface area contributed by atoms with Crippen LogP contribution in [0.5, 0.6) is 0 Å². The number of fused-ring (bicyclic) bond motifs is 1. The predicted octanol–water partition coefficient (Wildman–Crippen LogP) is 1.15. The number of hydrogen-bond donors (Lipinski definition) is 3. The van der Waals surface area contributed by atoms with Gasteiger partial charge in [0.1, 0.15) is 5.82 Å². The van der Waals surface area contributed by atoms with Crippen LogP contribution < -0.4 is 10.6 Å². The highest BCUT2D eigenvalue weighted by molar-refractivity contribution is 5.75. The highest BCUT2D eigenvalue weighted by Crippen LogP contribution is 2.28. The summed E-state index contributed by atoms with van der Waals surface area (Å²) in [6.07, 6.45) is 2.79. The minimum atomic E-state index is -1.08. The zero-order valence-corrected chi connectivity index (χ0v) is 12.3. The third-order valence-electron chi connectivity index (χ3n) is 3.08. The molecule has 116 valence electrons. The van der Waals surface area contributed by atoms with E-state index in [2.05, 4.69) is 4.98 Å². The van der Waals surface area contributed by atoms with E-state index >= 15 is 0 Å². The number of aryl methyl sites for hydroxylation is 1. The van der Waals surface area contributed by atoms with Gasteiger partial charge in [-0.15, -0.1) is 0 Å². The molecule has 0 aromatic carbocycles. The SMILES string of the molecule is CN(C)c1cc(N)c2c(n1)CCC2.O=C(O)CCC(=O)O. The molecular formula is C14H21N3O4. The molecule has 0 unspecified atom stereocenters. The lowest BCUT2D eigenvalue weighted by atomic mass is 10.2. The van der Waals surface area contributed by atoms with Gasteiger partial charge in [0.05, 0.1) is 12.8 Å². The normalized spacial score (nSPS) is 12.1. The Hall–Kier alpha value is -2.31. The molecule has 1 aromatic rings. The van der Waals surface area contributed by atoms with E-state index < -0.39 is 11.9 Å². The molecule has 0 amide bonds. The minimum absolute atomic E-state index is 0.296. The number of carboxylic acids is 2. The van der Waals surface area contributed by atoms with Crippen LogP contribution in [0, 0.1) is 0 Å². The maximum atomic E-state index is 9.64. The van der Waals surface area contributed by atoms with Gasteiger partial charge in [-0.3, -0.25) is 9.59 Å². The van der Waals surface area contributed by atoms with Gasteiger partial charge in [-0.2, -0.15) is 0 Å². The minimum Gasteiger partial charge on any atom is -0.481 e. The van der Waals surface area contributed by atoms with Crippen LogP contribution in [-0.4, -0.2) is 41.2 Å². The molecule has 0 saturated carbocycles. The van der Waals surface area contributed by atoms with Gasteiger partial charge in [0.2, 0.25) is 0 Å². The number of carbonyl (C=O) groups is 2. The molecule has 21 heavy (non-hydrogen) atoms. The number of nitrogens with zero attached hydrogens (tertiary/aromatic N) is 2. The van der Waals surface area contributed by atoms with Gasteiger partial charge < -0.3 is 20.8 Å². The molecule has 7 nitrogen and oxygen atoms in total. The molecule has 1 aliphatic rings. The van der Waals surface area contributed by atoms with Gasteiger partial charge in [-0.1, -0.05) is 0 Å². The number of anilines is 2. The maximum Gasteiger partial charge on any atom is 0.303 e. The van der Waals surface area contributed by atoms with Crippen LogP contribution in [0.3, 0.4) is 0 Å². The lowest BCUT2D eigenvalue weighted by Crippen LogP contribution is -2.12. The summed E-state index contributed by atoms with van der Waals surface area (Å²) in [6.45, 7) is 0. The summed E-state index contributed by atoms with van der Waals surface area (Å²) in [5.74, 6) is -1.18. The average molecular weight is 295 g/mol. The van der Waals surface area contributed by atoms with E-state index in [0.29, 0.717) is 0 Å². The second-order valence-corrected chi connectivity index (χ2v) is 5.03. The summed E-state index contributed by atoms with van der Waals surface area (Å²) in [5, 5.41) is 15.8. The van der Waals surface area contributed by atoms with Crippen LogP contribution in [0.2, 0.25) is 0 Å². The number of pyridine rings is 1. The van der Waals surface area contributed by atoms with Crippen molar-refractivity contribution in [2.24, 2.45) is 0 Å². The quantitative estimate of drug-likeness (QED) is 0.762. The highest BCUT2D eigenvalue weighted by Gasteiger charge is 2.16. The fourth-order valence-corrected chi connectivity index (χ4v) is 2.00. The third kappa shape index (κ3) is 5.29. The molecule has 2 rings (SSSR count). The topological polar surface area (TPSA) is 117 Å². The Morgan fingerprint density at radius 2 is 1.81 bits per heavy atom. The monoisotopic (exact) mass is 295 g/mol. The van der Waals surface area contributed by atoms with Crippen LogP contribution in [-0.2, 0) is 22.4 Å². The number of hydrogen-bond acceptors (Lipinski definition) is 5. The van der Waals surface area contributed by atoms with Crippen molar-refractivity contribution in [3.63, 3.8) is 0 Å². The van der Waals surface area contributed by atoms with Crippen molar-refractivity contribution in [2.45, 2.75) is 32.1 Å². The largest absolute Gasteiger partial charge is 0.481 e. The lowest BCUT2D eigenvalue weighted by molar-refractivity contribution is -0.143. The predicted molar refractivity (Wildman–Crippen MR) is 79.5 cm³/mol. The first kappa shape index (κ1) is 16.7. The molecule has 0 spiro atoms. The summed E-state index contributed by atoms with van der Waals surface area (Å²) in [7, 11) is 3.98. The van der Waals surface area contributed by atoms with Crippen LogP contribution in [0.15, 0.2) is 6.07 Å². The Morgan fingerprint density at radius 3 is 2.29 bits per heavy atom. The first-order chi connectivity index (χ1) is 9.81. The Balaban J connectivity index is 0.000000240. The van der Waals surface area contributed by atoms with Gasteiger partial charge in [-0.25, -0.2) is 4.98 Å². The highest BCUT2D eigenvalue weighted by atomic mass is 16.4. The van der Waals surface area contributed by atoms with Crippen molar-refractivity contribution in [3.05, 3.63) is 17.3 Å². The third-order valence-corrected chi connectivity index (χ3v) is 3.08. The zero-order chi connectivity index (χ0) is 16.0. The summed E-state index contributed by atoms with van der Waals surface area (Å²) in [5.41, 5.74) is 9.32. The van der Waals surface area contributed by atoms with E-state index in [9.17, 15) is 9.59 Å². The second-order valence-electron chi connectivity index (χ2n) is 5.03. The van der Waals surface area contributed by atoms with Crippen LogP contribution >= 0.6 is 0 Å². The van der Waals surface area contributed by atoms with E-state index in [4.69, 9.17) is 15.9 Å². The molecule has 0 bridgehead atoms. The molecule has 0 aliphatic heterocycles. The molecule has 0 saturated heterocycles. The molecule has 4 N–H and O–H groups in total. The van der Waals surface area contributed by atoms with Crippen molar-refractivity contribution in [1.29, 1.82) is 0 Å². The van der Waals surface area contributed by atoms with Gasteiger partial charge in [0.15, 0.2) is 0 Å². The number of aliphatic carboxylic acids is 2. The van der Waals surface area contributed by atoms with Gasteiger partial charge >= 0.3 is 11.9 Å². The second kappa shape index (κ2) is 7.47. The van der Waals surface area contributed by atoms with Crippen molar-refractivity contribution < 1.29 is 19.8 Å². The summed E-state index contributed by atoms with van der Waals surface area (Å²) in [4.78, 5) is 25.8. The van der Waals surface area contributed by atoms with Gasteiger partial charge in [-0.05, 0) is 24.8 Å². The first-order valence-corrected chi connectivity index (χ1v) is 6.70. The van der Waals surface area contributed by atoms with Crippen molar-refractivity contribution in [3.8, 4) is 0 Å². The molecule has 0 radical (unpaired) electrons. The van der Waals surface area contributed by atoms with Crippen LogP contribution in [0.25, 0.3) is 0 Å². The Kier molecular flexibility index (Phi) is 5.95. The van der Waals surface area contributed by atoms with Crippen LogP contribution in [0.1, 0.15) is 30.5 Å². The standard InChI is InChI=1S/C10H15N3.C4H6O4/c1-13(2)10-6-8(11)7-4-3-5-9(7)12-10;5-3(6)1-2-4(7)8/h6H,3-5H2,1-2H3,(H2,11,12);1-2H2,(H,5,6)(H,7,8). The molecule has 7 heteroatoms. The van der Waals surface area contributed by atoms with E-state index in [1.165, 1.54) is 17.7 Å². The summed E-state index contributed by atoms with van der Waals surface area (Å²) < 4.78 is 0. The fourth-order valence-electron chi connectivity index (χ4n) is 2.00. The maximum absolute atomic E-state index is 9.64. The Morgan fingerprint density at radius 1 is 1.24 bits per heavy atom. The lowest BCUT2D eigenvalue weighted by Gasteiger charge is -2.14. The number of carboxylic acid groups (broad SMARTS) is 2. The van der Waals surface area contributed by atoms with Gasteiger partial charge in [0.25, 0.3) is 0 Å². The number of rotatable bonds is 4. The molecular weight excluding hydrogens is 274 g/mol. The zero-order valence-electron chi connectivity index (χ0n) is 12.3. The molecule has 0 fully saturated rings. The fraction of sp³-hybridized carbons (Fsp3) is 0.500. The molecule has 0 atom stereocenters. The Bertz CT molecular complexity index is 515. The van der Waals surface area contributed by atoms with Gasteiger partial charge in [0, 0.05) is 31.5 Å². The number of nitrogen functional groups attached to an aromatic ring is 1. The van der Waals surface area contributed by atoms with Crippen molar-refractivity contribution in [2.75, 3.05) is 24.7 Å². The smallest absolute Gasteiger partial charge is 0.303 e. The van der Waals surface area contributed by atoms with E-state index in [0.717, 1.165) is 24.3 Å². The summed E-state index contributed by atoms with van der Waals surface area (Å²) in [6, 6.07) is 1.96. The van der Waals surface area contributed by atoms with E-state index in [-0.39, 0.29) is 12.8 Å². The van der Waals surface area contributed by atoms with E-state index in [1.807, 2.05) is 25.1 Å². The van der Waals surface area contributed by atoms with Crippen molar-refractivity contribution in [1.82, 2.24) is 4.98 Å². The first-order valence-electron chi connectivity index (χ1n) is 6.70. The molecule has 1 aliphatic carbocycles. The molecule has 1 heterocycles. The Labute approximate surface area is 123 Å². The number of nitrogens with two attached hydrogens (primary N) is 1. The summed E-state index contributed by atoms with van der Waals surface area (Å²) >= 11 is 0. The van der Waals surface area contributed by atoms with E-state index in [1.54, 1.807) is 0 Å². The van der Waals surface area contributed by atoms with Crippen molar-refractivity contribution >= 4 is 23.4 Å². The number of aromatic nitrogens is 1. The molecule has 1 aromatic heterocycles.